The number of benzene rings is 1. The van der Waals surface area contributed by atoms with Gasteiger partial charge >= 0.3 is 0 Å². The third kappa shape index (κ3) is 5.59. The Balaban J connectivity index is 1.57. The first-order valence-corrected chi connectivity index (χ1v) is 8.55. The number of unbranched alkanes of at least 4 members (excludes halogenated alkanes) is 1. The third-order valence-corrected chi connectivity index (χ3v) is 4.42. The average Bonchev–Trinajstić information content (AvgIpc) is 2.55. The molecule has 1 amide bonds. The highest BCUT2D eigenvalue weighted by atomic mass is 35.5. The summed E-state index contributed by atoms with van der Waals surface area (Å²) in [6.45, 7) is 9.93. The van der Waals surface area contributed by atoms with Crippen LogP contribution in [0.2, 0.25) is 5.02 Å². The molecule has 4 nitrogen and oxygen atoms in total. The molecule has 22 heavy (non-hydrogen) atoms. The van der Waals surface area contributed by atoms with E-state index in [1.54, 1.807) is 24.3 Å². The van der Waals surface area contributed by atoms with Gasteiger partial charge in [0.2, 0.25) is 0 Å². The summed E-state index contributed by atoms with van der Waals surface area (Å²) in [5, 5.41) is 3.55. The van der Waals surface area contributed by atoms with Crippen LogP contribution in [0.5, 0.6) is 0 Å². The van der Waals surface area contributed by atoms with E-state index in [4.69, 9.17) is 11.6 Å². The number of halogens is 1. The smallest absolute Gasteiger partial charge is 0.251 e. The van der Waals surface area contributed by atoms with E-state index in [2.05, 4.69) is 22.0 Å². The second kappa shape index (κ2) is 9.13. The van der Waals surface area contributed by atoms with Crippen molar-refractivity contribution in [3.63, 3.8) is 0 Å². The van der Waals surface area contributed by atoms with Gasteiger partial charge in [-0.3, -0.25) is 4.79 Å². The molecule has 0 saturated carbocycles. The Kier molecular flexibility index (Phi) is 7.16. The van der Waals surface area contributed by atoms with Gasteiger partial charge in [-0.2, -0.15) is 0 Å². The van der Waals surface area contributed by atoms with Crippen LogP contribution < -0.4 is 5.32 Å². The van der Waals surface area contributed by atoms with Gasteiger partial charge < -0.3 is 15.1 Å². The lowest BCUT2D eigenvalue weighted by atomic mass is 10.2. The molecule has 1 aliphatic rings. The van der Waals surface area contributed by atoms with Crippen molar-refractivity contribution in [2.75, 3.05) is 45.8 Å². The van der Waals surface area contributed by atoms with Crippen LogP contribution in [0.25, 0.3) is 0 Å². The van der Waals surface area contributed by atoms with Crippen LogP contribution in [-0.4, -0.2) is 61.5 Å². The largest absolute Gasteiger partial charge is 0.352 e. The van der Waals surface area contributed by atoms with Crippen LogP contribution in [0, 0.1) is 0 Å². The molecule has 2 rings (SSSR count). The molecule has 1 heterocycles. The summed E-state index contributed by atoms with van der Waals surface area (Å²) < 4.78 is 0. The second-order valence-electron chi connectivity index (χ2n) is 5.75. The van der Waals surface area contributed by atoms with Crippen molar-refractivity contribution in [2.45, 2.75) is 19.8 Å². The van der Waals surface area contributed by atoms with E-state index in [1.165, 1.54) is 26.2 Å². The lowest BCUT2D eigenvalue weighted by Crippen LogP contribution is -2.46. The van der Waals surface area contributed by atoms with E-state index in [-0.39, 0.29) is 5.91 Å². The molecule has 1 aromatic rings. The first-order valence-electron chi connectivity index (χ1n) is 8.17. The monoisotopic (exact) mass is 323 g/mol. The van der Waals surface area contributed by atoms with Crippen LogP contribution in [0.15, 0.2) is 24.3 Å². The van der Waals surface area contributed by atoms with Crippen molar-refractivity contribution in [1.29, 1.82) is 0 Å². The number of piperazine rings is 1. The van der Waals surface area contributed by atoms with Crippen LogP contribution in [0.3, 0.4) is 0 Å². The topological polar surface area (TPSA) is 35.6 Å². The van der Waals surface area contributed by atoms with Gasteiger partial charge in [-0.25, -0.2) is 0 Å². The van der Waals surface area contributed by atoms with E-state index in [9.17, 15) is 4.79 Å². The minimum atomic E-state index is -0.0425. The van der Waals surface area contributed by atoms with Crippen LogP contribution in [-0.2, 0) is 0 Å². The fourth-order valence-corrected chi connectivity index (χ4v) is 2.91. The Hall–Kier alpha value is -1.10. The highest BCUT2D eigenvalue weighted by molar-refractivity contribution is 6.30. The van der Waals surface area contributed by atoms with Crippen LogP contribution in [0.4, 0.5) is 0 Å². The van der Waals surface area contributed by atoms with E-state index in [0.717, 1.165) is 32.5 Å². The maximum absolute atomic E-state index is 11.9. The Morgan fingerprint density at radius 3 is 2.59 bits per heavy atom. The molecule has 1 fully saturated rings. The predicted octanol–water partition coefficient (Wildman–Crippen LogP) is 2.49. The number of hydrogen-bond acceptors (Lipinski definition) is 3. The number of carbonyl (C=O) groups excluding carboxylic acids is 1. The molecule has 0 aliphatic carbocycles. The first-order chi connectivity index (χ1) is 10.7. The zero-order valence-electron chi connectivity index (χ0n) is 13.4. The molecule has 5 heteroatoms. The zero-order chi connectivity index (χ0) is 15.8. The quantitative estimate of drug-likeness (QED) is 0.783. The van der Waals surface area contributed by atoms with E-state index in [0.29, 0.717) is 10.6 Å². The summed E-state index contributed by atoms with van der Waals surface area (Å²) >= 11 is 5.89. The molecule has 1 N–H and O–H groups in total. The molecular formula is C17H26ClN3O. The Bertz CT molecular complexity index is 473. The molecule has 1 aromatic carbocycles. The number of nitrogens with zero attached hydrogens (tertiary/aromatic N) is 2. The first kappa shape index (κ1) is 17.3. The van der Waals surface area contributed by atoms with Gasteiger partial charge in [0.25, 0.3) is 5.91 Å². The summed E-state index contributed by atoms with van der Waals surface area (Å²) in [6.07, 6.45) is 2.14. The number of carbonyl (C=O) groups is 1. The van der Waals surface area contributed by atoms with Gasteiger partial charge in [0, 0.05) is 43.3 Å². The van der Waals surface area contributed by atoms with E-state index >= 15 is 0 Å². The number of nitrogens with one attached hydrogen (secondary N) is 1. The SMILES string of the molecule is CCN1CCN(CCCCNC(=O)c2cccc(Cl)c2)CC1. The highest BCUT2D eigenvalue weighted by Crippen LogP contribution is 2.10. The maximum Gasteiger partial charge on any atom is 0.251 e. The number of amides is 1. The molecular weight excluding hydrogens is 298 g/mol. The molecule has 0 bridgehead atoms. The average molecular weight is 324 g/mol. The van der Waals surface area contributed by atoms with E-state index < -0.39 is 0 Å². The number of likely N-dealkylation sites (N-methyl/N-ethyl adjacent to an activating group) is 1. The Morgan fingerprint density at radius 2 is 1.91 bits per heavy atom. The summed E-state index contributed by atoms with van der Waals surface area (Å²) in [7, 11) is 0. The fraction of sp³-hybridized carbons (Fsp3) is 0.588. The zero-order valence-corrected chi connectivity index (χ0v) is 14.1. The van der Waals surface area contributed by atoms with Crippen molar-refractivity contribution in [1.82, 2.24) is 15.1 Å². The maximum atomic E-state index is 11.9. The van der Waals surface area contributed by atoms with Gasteiger partial charge in [-0.05, 0) is 44.1 Å². The lowest BCUT2D eigenvalue weighted by Gasteiger charge is -2.33. The second-order valence-corrected chi connectivity index (χ2v) is 6.19. The Morgan fingerprint density at radius 1 is 1.18 bits per heavy atom. The van der Waals surface area contributed by atoms with Crippen molar-refractivity contribution >= 4 is 17.5 Å². The highest BCUT2D eigenvalue weighted by Gasteiger charge is 2.14. The van der Waals surface area contributed by atoms with Gasteiger partial charge in [0.15, 0.2) is 0 Å². The summed E-state index contributed by atoms with van der Waals surface area (Å²) in [6, 6.07) is 7.06. The normalized spacial score (nSPS) is 16.6. The standard InChI is InChI=1S/C17H26ClN3O/c1-2-20-10-12-21(13-11-20)9-4-3-8-19-17(22)15-6-5-7-16(18)14-15/h5-7,14H,2-4,8-13H2,1H3,(H,19,22). The number of hydrogen-bond donors (Lipinski definition) is 1. The third-order valence-electron chi connectivity index (χ3n) is 4.19. The minimum absolute atomic E-state index is 0.0425. The van der Waals surface area contributed by atoms with Crippen LogP contribution in [0.1, 0.15) is 30.1 Å². The fourth-order valence-electron chi connectivity index (χ4n) is 2.72. The van der Waals surface area contributed by atoms with Gasteiger partial charge in [0.05, 0.1) is 0 Å². The van der Waals surface area contributed by atoms with Crippen molar-refractivity contribution in [3.05, 3.63) is 34.9 Å². The molecule has 122 valence electrons. The van der Waals surface area contributed by atoms with Crippen molar-refractivity contribution < 1.29 is 4.79 Å². The molecule has 1 saturated heterocycles. The van der Waals surface area contributed by atoms with Crippen molar-refractivity contribution in [2.24, 2.45) is 0 Å². The number of rotatable bonds is 7. The molecule has 0 spiro atoms. The lowest BCUT2D eigenvalue weighted by molar-refractivity contribution is 0.0951. The molecule has 0 radical (unpaired) electrons. The summed E-state index contributed by atoms with van der Waals surface area (Å²) in [5.74, 6) is -0.0425. The summed E-state index contributed by atoms with van der Waals surface area (Å²) in [5.41, 5.74) is 0.628. The van der Waals surface area contributed by atoms with Gasteiger partial charge in [-0.1, -0.05) is 24.6 Å². The molecule has 0 unspecified atom stereocenters. The molecule has 0 atom stereocenters. The van der Waals surface area contributed by atoms with Crippen molar-refractivity contribution in [3.8, 4) is 0 Å². The minimum Gasteiger partial charge on any atom is -0.352 e. The Labute approximate surface area is 138 Å². The van der Waals surface area contributed by atoms with Gasteiger partial charge in [-0.15, -0.1) is 0 Å². The van der Waals surface area contributed by atoms with Crippen LogP contribution >= 0.6 is 11.6 Å². The van der Waals surface area contributed by atoms with E-state index in [1.807, 2.05) is 0 Å². The summed E-state index contributed by atoms with van der Waals surface area (Å²) in [4.78, 5) is 17.0. The predicted molar refractivity (Wildman–Crippen MR) is 91.6 cm³/mol. The molecule has 1 aliphatic heterocycles. The molecule has 0 aromatic heterocycles. The van der Waals surface area contributed by atoms with Gasteiger partial charge in [0.1, 0.15) is 0 Å².